The van der Waals surface area contributed by atoms with Gasteiger partial charge in [-0.25, -0.2) is 8.78 Å². The molecule has 0 aliphatic carbocycles. The Morgan fingerprint density at radius 3 is 1.59 bits per heavy atom. The highest BCUT2D eigenvalue weighted by molar-refractivity contribution is 5.81. The van der Waals surface area contributed by atoms with Crippen LogP contribution in [0.5, 0.6) is 0 Å². The Labute approximate surface area is 159 Å². The van der Waals surface area contributed by atoms with Crippen molar-refractivity contribution < 1.29 is 57.8 Å². The van der Waals surface area contributed by atoms with Gasteiger partial charge in [-0.05, 0) is 19.3 Å². The second-order valence-corrected chi connectivity index (χ2v) is 7.56. The lowest BCUT2D eigenvalue weighted by atomic mass is 9.65. The summed E-state index contributed by atoms with van der Waals surface area (Å²) in [4.78, 5) is 12.2. The van der Waals surface area contributed by atoms with Crippen molar-refractivity contribution in [1.82, 2.24) is 0 Å². The fourth-order valence-electron chi connectivity index (χ4n) is 2.38. The molecule has 0 aromatic rings. The summed E-state index contributed by atoms with van der Waals surface area (Å²) in [5.74, 6) is -21.8. The van der Waals surface area contributed by atoms with Crippen LogP contribution in [0.3, 0.4) is 0 Å². The third kappa shape index (κ3) is 4.79. The van der Waals surface area contributed by atoms with Gasteiger partial charge in [0, 0.05) is 0 Å². The third-order valence-electron chi connectivity index (χ3n) is 3.99. The highest BCUT2D eigenvalue weighted by atomic mass is 19.4. The molecule has 29 heavy (non-hydrogen) atoms. The number of halogens is 11. The lowest BCUT2D eigenvalue weighted by molar-refractivity contribution is -0.345. The molecule has 0 aliphatic rings. The standard InChI is InChI=1S/C16H19F11O2/c1-8(2)6-12(11(3,4)5,16(25,26)27)10(28)29-7-13(19,20)15(23,24)14(21,22)9(17)18/h6,9H,7H2,1-5H3. The van der Waals surface area contributed by atoms with Gasteiger partial charge in [0.2, 0.25) is 0 Å². The summed E-state index contributed by atoms with van der Waals surface area (Å²) in [5.41, 5.74) is -5.84. The van der Waals surface area contributed by atoms with Gasteiger partial charge in [-0.15, -0.1) is 0 Å². The maximum atomic E-state index is 13.7. The molecule has 0 bridgehead atoms. The molecule has 1 unspecified atom stereocenters. The van der Waals surface area contributed by atoms with Crippen molar-refractivity contribution in [3.8, 4) is 0 Å². The van der Waals surface area contributed by atoms with Crippen LogP contribution in [0.15, 0.2) is 11.6 Å². The van der Waals surface area contributed by atoms with E-state index in [0.717, 1.165) is 34.6 Å². The zero-order chi connectivity index (χ0) is 23.9. The van der Waals surface area contributed by atoms with Gasteiger partial charge in [-0.3, -0.25) is 4.79 Å². The molecule has 0 N–H and O–H groups in total. The minimum atomic E-state index is -6.71. The van der Waals surface area contributed by atoms with Crippen LogP contribution in [0.2, 0.25) is 0 Å². The molecule has 2 nitrogen and oxygen atoms in total. The number of hydrogen-bond acceptors (Lipinski definition) is 2. The lowest BCUT2D eigenvalue weighted by Crippen LogP contribution is -2.60. The molecule has 0 amide bonds. The molecular formula is C16H19F11O2. The van der Waals surface area contributed by atoms with Gasteiger partial charge in [-0.2, -0.15) is 39.5 Å². The van der Waals surface area contributed by atoms with Crippen molar-refractivity contribution in [1.29, 1.82) is 0 Å². The molecule has 0 spiro atoms. The number of carbonyl (C=O) groups is 1. The van der Waals surface area contributed by atoms with E-state index in [1.807, 2.05) is 0 Å². The van der Waals surface area contributed by atoms with Crippen LogP contribution in [0.1, 0.15) is 34.6 Å². The number of alkyl halides is 11. The predicted octanol–water partition coefficient (Wildman–Crippen LogP) is 6.26. The van der Waals surface area contributed by atoms with Crippen molar-refractivity contribution in [3.05, 3.63) is 11.6 Å². The molecule has 0 heterocycles. The van der Waals surface area contributed by atoms with Crippen LogP contribution in [-0.4, -0.2) is 42.9 Å². The van der Waals surface area contributed by atoms with Gasteiger partial charge in [-0.1, -0.05) is 32.4 Å². The first-order valence-corrected chi connectivity index (χ1v) is 7.80. The monoisotopic (exact) mass is 452 g/mol. The molecular weight excluding hydrogens is 433 g/mol. The van der Waals surface area contributed by atoms with Gasteiger partial charge >= 0.3 is 36.3 Å². The fourth-order valence-corrected chi connectivity index (χ4v) is 2.38. The molecule has 0 saturated carbocycles. The van der Waals surface area contributed by atoms with E-state index in [4.69, 9.17) is 0 Å². The van der Waals surface area contributed by atoms with E-state index in [9.17, 15) is 53.1 Å². The van der Waals surface area contributed by atoms with E-state index in [1.165, 1.54) is 0 Å². The number of esters is 1. The fraction of sp³-hybridized carbons (Fsp3) is 0.812. The molecule has 0 saturated heterocycles. The SMILES string of the molecule is CC(C)=CC(C(=O)OCC(F)(F)C(F)(F)C(F)(F)C(F)F)(C(C)(C)C)C(F)(F)F. The molecule has 0 rings (SSSR count). The minimum Gasteiger partial charge on any atom is -0.458 e. The summed E-state index contributed by atoms with van der Waals surface area (Å²) in [6.45, 7) is 1.87. The number of ether oxygens (including phenoxy) is 1. The van der Waals surface area contributed by atoms with Gasteiger partial charge in [0.05, 0.1) is 0 Å². The quantitative estimate of drug-likeness (QED) is 0.259. The maximum Gasteiger partial charge on any atom is 0.408 e. The van der Waals surface area contributed by atoms with Crippen molar-refractivity contribution >= 4 is 5.97 Å². The van der Waals surface area contributed by atoms with Crippen LogP contribution in [0.25, 0.3) is 0 Å². The summed E-state index contributed by atoms with van der Waals surface area (Å²) >= 11 is 0. The average Bonchev–Trinajstić information content (AvgIpc) is 2.46. The lowest BCUT2D eigenvalue weighted by Gasteiger charge is -2.42. The Hall–Kier alpha value is -1.56. The molecule has 0 aliphatic heterocycles. The summed E-state index contributed by atoms with van der Waals surface area (Å²) in [7, 11) is 0. The van der Waals surface area contributed by atoms with Gasteiger partial charge in [0.1, 0.15) is 0 Å². The van der Waals surface area contributed by atoms with Gasteiger partial charge in [0.15, 0.2) is 12.0 Å². The predicted molar refractivity (Wildman–Crippen MR) is 79.2 cm³/mol. The number of allylic oxidation sites excluding steroid dienone is 1. The molecule has 0 fully saturated rings. The number of hydrogen-bond donors (Lipinski definition) is 0. The molecule has 0 radical (unpaired) electrons. The van der Waals surface area contributed by atoms with Crippen LogP contribution in [0.4, 0.5) is 48.3 Å². The van der Waals surface area contributed by atoms with Crippen LogP contribution in [-0.2, 0) is 9.53 Å². The van der Waals surface area contributed by atoms with Crippen LogP contribution >= 0.6 is 0 Å². The smallest absolute Gasteiger partial charge is 0.408 e. The topological polar surface area (TPSA) is 26.3 Å². The Balaban J connectivity index is 6.15. The largest absolute Gasteiger partial charge is 0.458 e. The second-order valence-electron chi connectivity index (χ2n) is 7.56. The normalized spacial score (nSPS) is 16.4. The first-order valence-electron chi connectivity index (χ1n) is 7.80. The molecule has 172 valence electrons. The summed E-state index contributed by atoms with van der Waals surface area (Å²) in [6.07, 6.45) is -10.4. The maximum absolute atomic E-state index is 13.7. The molecule has 0 aromatic heterocycles. The highest BCUT2D eigenvalue weighted by Gasteiger charge is 2.76. The van der Waals surface area contributed by atoms with E-state index in [-0.39, 0.29) is 5.57 Å². The third-order valence-corrected chi connectivity index (χ3v) is 3.99. The Bertz CT molecular complexity index is 610. The van der Waals surface area contributed by atoms with E-state index < -0.39 is 53.8 Å². The van der Waals surface area contributed by atoms with Gasteiger partial charge < -0.3 is 4.74 Å². The first kappa shape index (κ1) is 27.4. The first-order chi connectivity index (χ1) is 12.5. The van der Waals surface area contributed by atoms with E-state index in [1.54, 1.807) is 0 Å². The average molecular weight is 452 g/mol. The summed E-state index contributed by atoms with van der Waals surface area (Å²) in [5, 5.41) is 0. The Morgan fingerprint density at radius 2 is 1.31 bits per heavy atom. The van der Waals surface area contributed by atoms with Crippen molar-refractivity contribution in [2.24, 2.45) is 10.8 Å². The van der Waals surface area contributed by atoms with Crippen LogP contribution in [0, 0.1) is 10.8 Å². The molecule has 1 atom stereocenters. The highest BCUT2D eigenvalue weighted by Crippen LogP contribution is 2.54. The van der Waals surface area contributed by atoms with E-state index in [0.29, 0.717) is 6.08 Å². The Morgan fingerprint density at radius 1 is 0.897 bits per heavy atom. The van der Waals surface area contributed by atoms with Crippen LogP contribution < -0.4 is 0 Å². The minimum absolute atomic E-state index is 0.129. The van der Waals surface area contributed by atoms with Crippen molar-refractivity contribution in [2.75, 3.05) is 6.61 Å². The van der Waals surface area contributed by atoms with Crippen molar-refractivity contribution in [3.63, 3.8) is 0 Å². The van der Waals surface area contributed by atoms with E-state index in [2.05, 4.69) is 4.74 Å². The molecule has 13 heteroatoms. The number of carbonyl (C=O) groups excluding carboxylic acids is 1. The zero-order valence-corrected chi connectivity index (χ0v) is 15.8. The summed E-state index contributed by atoms with van der Waals surface area (Å²) in [6, 6.07) is 0. The number of rotatable bonds is 7. The van der Waals surface area contributed by atoms with E-state index >= 15 is 0 Å². The van der Waals surface area contributed by atoms with Crippen molar-refractivity contribution in [2.45, 2.75) is 65.0 Å². The Kier molecular flexibility index (Phi) is 7.51. The van der Waals surface area contributed by atoms with Gasteiger partial charge in [0.25, 0.3) is 0 Å². The second kappa shape index (κ2) is 7.93. The zero-order valence-electron chi connectivity index (χ0n) is 15.8. The molecule has 0 aromatic carbocycles. The summed E-state index contributed by atoms with van der Waals surface area (Å²) < 4.78 is 148.